The smallest absolute Gasteiger partial charge is 0.336 e. The fraction of sp³-hybridized carbons (Fsp3) is 0.429. The molecular formula is C21H26N2O7. The molecule has 1 unspecified atom stereocenters. The zero-order valence-corrected chi connectivity index (χ0v) is 17.2. The molecule has 0 aliphatic rings. The number of hydrogen-bond acceptors (Lipinski definition) is 6. The molecule has 0 aliphatic carbocycles. The number of ether oxygens (including phenoxy) is 1. The van der Waals surface area contributed by atoms with Crippen molar-refractivity contribution in [3.8, 4) is 5.75 Å². The fourth-order valence-corrected chi connectivity index (χ4v) is 2.90. The van der Waals surface area contributed by atoms with E-state index in [0.717, 1.165) is 30.2 Å². The predicted octanol–water partition coefficient (Wildman–Crippen LogP) is 1.53. The minimum absolute atomic E-state index is 0.369. The van der Waals surface area contributed by atoms with Crippen molar-refractivity contribution in [1.29, 1.82) is 0 Å². The molecule has 0 bridgehead atoms. The molecule has 1 heterocycles. The minimum atomic E-state index is -1.18. The number of fused-ring (bicyclic) bond motifs is 1. The second-order valence-corrected chi connectivity index (χ2v) is 6.91. The van der Waals surface area contributed by atoms with Crippen molar-refractivity contribution in [2.45, 2.75) is 46.1 Å². The van der Waals surface area contributed by atoms with Gasteiger partial charge in [0.05, 0.1) is 6.54 Å². The highest BCUT2D eigenvalue weighted by Gasteiger charge is 2.19. The summed E-state index contributed by atoms with van der Waals surface area (Å²) in [5.41, 5.74) is 1.50. The molecule has 0 fully saturated rings. The maximum Gasteiger partial charge on any atom is 0.336 e. The third-order valence-corrected chi connectivity index (χ3v) is 4.53. The van der Waals surface area contributed by atoms with Gasteiger partial charge >= 0.3 is 11.6 Å². The lowest BCUT2D eigenvalue weighted by atomic mass is 10.0. The van der Waals surface area contributed by atoms with E-state index in [9.17, 15) is 19.2 Å². The van der Waals surface area contributed by atoms with Crippen LogP contribution in [0.1, 0.15) is 37.8 Å². The summed E-state index contributed by atoms with van der Waals surface area (Å²) in [5, 5.41) is 13.9. The average Bonchev–Trinajstić information content (AvgIpc) is 2.70. The van der Waals surface area contributed by atoms with Crippen LogP contribution < -0.4 is 21.0 Å². The average molecular weight is 418 g/mol. The molecule has 3 N–H and O–H groups in total. The lowest BCUT2D eigenvalue weighted by Crippen LogP contribution is -2.43. The molecular weight excluding hydrogens is 392 g/mol. The lowest BCUT2D eigenvalue weighted by molar-refractivity contribution is -0.137. The van der Waals surface area contributed by atoms with Gasteiger partial charge in [-0.25, -0.2) is 4.79 Å². The van der Waals surface area contributed by atoms with E-state index in [4.69, 9.17) is 14.3 Å². The van der Waals surface area contributed by atoms with Gasteiger partial charge in [0.15, 0.2) is 6.10 Å². The summed E-state index contributed by atoms with van der Waals surface area (Å²) in [4.78, 5) is 46.1. The van der Waals surface area contributed by atoms with Crippen LogP contribution in [0, 0.1) is 6.92 Å². The van der Waals surface area contributed by atoms with E-state index in [1.54, 1.807) is 19.1 Å². The first kappa shape index (κ1) is 22.9. The highest BCUT2D eigenvalue weighted by molar-refractivity contribution is 5.88. The number of rotatable bonds is 10. The molecule has 1 aromatic heterocycles. The first-order chi connectivity index (χ1) is 14.2. The van der Waals surface area contributed by atoms with Crippen LogP contribution in [-0.2, 0) is 20.8 Å². The maximum absolute atomic E-state index is 12.2. The van der Waals surface area contributed by atoms with Crippen molar-refractivity contribution in [3.63, 3.8) is 0 Å². The molecule has 0 saturated carbocycles. The first-order valence-electron chi connectivity index (χ1n) is 9.72. The topological polar surface area (TPSA) is 135 Å². The third-order valence-electron chi connectivity index (χ3n) is 4.53. The van der Waals surface area contributed by atoms with Crippen LogP contribution in [0.5, 0.6) is 5.75 Å². The summed E-state index contributed by atoms with van der Waals surface area (Å²) in [7, 11) is 0. The van der Waals surface area contributed by atoms with Crippen LogP contribution >= 0.6 is 0 Å². The third kappa shape index (κ3) is 6.07. The Balaban J connectivity index is 2.10. The Morgan fingerprint density at radius 1 is 1.20 bits per heavy atom. The number of aliphatic carboxylic acids is 1. The summed E-state index contributed by atoms with van der Waals surface area (Å²) in [6.45, 7) is 4.44. The summed E-state index contributed by atoms with van der Waals surface area (Å²) in [5.74, 6) is -1.96. The first-order valence-corrected chi connectivity index (χ1v) is 9.72. The van der Waals surface area contributed by atoms with Gasteiger partial charge < -0.3 is 24.9 Å². The normalized spacial score (nSPS) is 11.7. The van der Waals surface area contributed by atoms with Crippen LogP contribution in [0.2, 0.25) is 0 Å². The number of amides is 2. The number of nitrogens with one attached hydrogen (secondary N) is 2. The van der Waals surface area contributed by atoms with Crippen LogP contribution in [0.15, 0.2) is 27.4 Å². The number of carbonyl (C=O) groups is 3. The van der Waals surface area contributed by atoms with E-state index in [0.29, 0.717) is 16.9 Å². The van der Waals surface area contributed by atoms with Gasteiger partial charge in [0.25, 0.3) is 5.91 Å². The van der Waals surface area contributed by atoms with Crippen molar-refractivity contribution < 1.29 is 28.6 Å². The van der Waals surface area contributed by atoms with Crippen molar-refractivity contribution in [3.05, 3.63) is 39.7 Å². The number of benzene rings is 1. The summed E-state index contributed by atoms with van der Waals surface area (Å²) >= 11 is 0. The number of hydrogen-bond donors (Lipinski definition) is 3. The Labute approximate surface area is 173 Å². The minimum Gasteiger partial charge on any atom is -0.480 e. The summed E-state index contributed by atoms with van der Waals surface area (Å²) in [6, 6.07) is 5.02. The molecule has 162 valence electrons. The summed E-state index contributed by atoms with van der Waals surface area (Å²) < 4.78 is 11.1. The van der Waals surface area contributed by atoms with Gasteiger partial charge in [-0.05, 0) is 44.4 Å². The standard InChI is InChI=1S/C21H26N2O7/c1-4-5-6-14-9-19(27)30-20-12(2)16(8-7-15(14)20)29-13(3)21(28)23-10-17(24)22-11-18(25)26/h7-9,13H,4-6,10-11H2,1-3H3,(H,22,24)(H,23,28)(H,25,26). The number of carbonyl (C=O) groups excluding carboxylic acids is 2. The SMILES string of the molecule is CCCCc1cc(=O)oc2c(C)c(OC(C)C(=O)NCC(=O)NCC(=O)O)ccc12. The molecule has 0 aliphatic heterocycles. The van der Waals surface area contributed by atoms with Gasteiger partial charge in [-0.3, -0.25) is 14.4 Å². The van der Waals surface area contributed by atoms with E-state index in [1.807, 2.05) is 0 Å². The predicted molar refractivity (Wildman–Crippen MR) is 110 cm³/mol. The van der Waals surface area contributed by atoms with Gasteiger partial charge in [0.1, 0.15) is 17.9 Å². The van der Waals surface area contributed by atoms with Crippen LogP contribution in [-0.4, -0.2) is 42.1 Å². The Morgan fingerprint density at radius 3 is 2.60 bits per heavy atom. The molecule has 0 radical (unpaired) electrons. The Hall–Kier alpha value is -3.36. The fourth-order valence-electron chi connectivity index (χ4n) is 2.90. The molecule has 9 nitrogen and oxygen atoms in total. The quantitative estimate of drug-likeness (QED) is 0.498. The molecule has 0 spiro atoms. The molecule has 2 amide bonds. The van der Waals surface area contributed by atoms with Gasteiger partial charge in [-0.2, -0.15) is 0 Å². The number of unbranched alkanes of at least 4 members (excludes halogenated alkanes) is 1. The van der Waals surface area contributed by atoms with Crippen molar-refractivity contribution >= 4 is 28.8 Å². The van der Waals surface area contributed by atoms with E-state index >= 15 is 0 Å². The van der Waals surface area contributed by atoms with E-state index in [-0.39, 0.29) is 6.54 Å². The maximum atomic E-state index is 12.2. The van der Waals surface area contributed by atoms with Crippen LogP contribution in [0.25, 0.3) is 11.0 Å². The van der Waals surface area contributed by atoms with E-state index < -0.39 is 36.1 Å². The molecule has 1 aromatic carbocycles. The Morgan fingerprint density at radius 2 is 1.93 bits per heavy atom. The van der Waals surface area contributed by atoms with Crippen LogP contribution in [0.3, 0.4) is 0 Å². The molecule has 30 heavy (non-hydrogen) atoms. The lowest BCUT2D eigenvalue weighted by Gasteiger charge is -2.17. The summed E-state index contributed by atoms with van der Waals surface area (Å²) in [6.07, 6.45) is 1.79. The molecule has 2 rings (SSSR count). The van der Waals surface area contributed by atoms with Gasteiger partial charge in [0, 0.05) is 17.0 Å². The van der Waals surface area contributed by atoms with Crippen molar-refractivity contribution in [2.75, 3.05) is 13.1 Å². The molecule has 0 saturated heterocycles. The molecule has 2 aromatic rings. The van der Waals surface area contributed by atoms with E-state index in [2.05, 4.69) is 17.6 Å². The second kappa shape index (κ2) is 10.4. The monoisotopic (exact) mass is 418 g/mol. The van der Waals surface area contributed by atoms with Crippen molar-refractivity contribution in [1.82, 2.24) is 10.6 Å². The Kier molecular flexibility index (Phi) is 7.97. The van der Waals surface area contributed by atoms with Gasteiger partial charge in [0.2, 0.25) is 5.91 Å². The highest BCUT2D eigenvalue weighted by atomic mass is 16.5. The van der Waals surface area contributed by atoms with Gasteiger partial charge in [-0.1, -0.05) is 13.3 Å². The molecule has 9 heteroatoms. The second-order valence-electron chi connectivity index (χ2n) is 6.91. The van der Waals surface area contributed by atoms with Gasteiger partial charge in [-0.15, -0.1) is 0 Å². The van der Waals surface area contributed by atoms with E-state index in [1.165, 1.54) is 13.0 Å². The Bertz CT molecular complexity index is 997. The highest BCUT2D eigenvalue weighted by Crippen LogP contribution is 2.29. The molecule has 1 atom stereocenters. The number of carboxylic acids is 1. The zero-order valence-electron chi connectivity index (χ0n) is 17.2. The zero-order chi connectivity index (χ0) is 22.3. The van der Waals surface area contributed by atoms with Crippen LogP contribution in [0.4, 0.5) is 0 Å². The largest absolute Gasteiger partial charge is 0.480 e. The number of carboxylic acid groups (broad SMARTS) is 1. The van der Waals surface area contributed by atoms with Crippen molar-refractivity contribution in [2.24, 2.45) is 0 Å². The number of aryl methyl sites for hydroxylation is 2.